The summed E-state index contributed by atoms with van der Waals surface area (Å²) in [5, 5.41) is 4.04. The summed E-state index contributed by atoms with van der Waals surface area (Å²) in [5.41, 5.74) is 2.77. The normalized spacial score (nSPS) is 10.9. The molecule has 1 N–H and O–H groups in total. The fraction of sp³-hybridized carbons (Fsp3) is 0.211. The van der Waals surface area contributed by atoms with Crippen molar-refractivity contribution in [3.05, 3.63) is 58.9 Å². The molecule has 1 heterocycles. The van der Waals surface area contributed by atoms with Gasteiger partial charge in [-0.25, -0.2) is 9.97 Å². The highest BCUT2D eigenvalue weighted by Gasteiger charge is 2.13. The van der Waals surface area contributed by atoms with E-state index in [1.165, 1.54) is 7.11 Å². The zero-order valence-corrected chi connectivity index (χ0v) is 15.2. The van der Waals surface area contributed by atoms with Crippen LogP contribution in [0.25, 0.3) is 22.2 Å². The van der Waals surface area contributed by atoms with Gasteiger partial charge in [0.05, 0.1) is 11.2 Å². The minimum Gasteiger partial charge on any atom is -0.377 e. The molecule has 1 amide bonds. The van der Waals surface area contributed by atoms with E-state index >= 15 is 0 Å². The Morgan fingerprint density at radius 3 is 2.69 bits per heavy atom. The van der Waals surface area contributed by atoms with Crippen LogP contribution in [0.1, 0.15) is 16.2 Å². The topological polar surface area (TPSA) is 73.3 Å². The fourth-order valence-electron chi connectivity index (χ4n) is 2.61. The summed E-state index contributed by atoms with van der Waals surface area (Å²) in [5.74, 6) is 0.332. The molecule has 1 aromatic heterocycles. The van der Waals surface area contributed by atoms with Crippen molar-refractivity contribution in [3.63, 3.8) is 0 Å². The number of halogens is 1. The van der Waals surface area contributed by atoms with Crippen LogP contribution in [-0.4, -0.2) is 36.8 Å². The molecule has 0 unspecified atom stereocenters. The maximum atomic E-state index is 12.2. The number of benzene rings is 2. The number of aromatic nitrogens is 2. The first-order valence-electron chi connectivity index (χ1n) is 7.95. The molecule has 3 aromatic rings. The van der Waals surface area contributed by atoms with Crippen molar-refractivity contribution >= 4 is 28.4 Å². The molecule has 0 aliphatic rings. The molecule has 0 spiro atoms. The Labute approximate surface area is 156 Å². The molecule has 26 heavy (non-hydrogen) atoms. The summed E-state index contributed by atoms with van der Waals surface area (Å²) in [6.45, 7) is 0.431. The molecule has 0 radical (unpaired) electrons. The number of ether oxygens (including phenoxy) is 2. The van der Waals surface area contributed by atoms with Gasteiger partial charge in [0, 0.05) is 35.8 Å². The summed E-state index contributed by atoms with van der Waals surface area (Å²) in [7, 11) is 3.11. The quantitative estimate of drug-likeness (QED) is 0.672. The highest BCUT2D eigenvalue weighted by atomic mass is 35.5. The molecule has 0 saturated carbocycles. The van der Waals surface area contributed by atoms with E-state index in [1.54, 1.807) is 31.4 Å². The lowest BCUT2D eigenvalue weighted by Crippen LogP contribution is -2.25. The van der Waals surface area contributed by atoms with E-state index in [1.807, 2.05) is 18.2 Å². The second-order valence-corrected chi connectivity index (χ2v) is 6.04. The predicted molar refractivity (Wildman–Crippen MR) is 100 cm³/mol. The highest BCUT2D eigenvalue weighted by Crippen LogP contribution is 2.29. The summed E-state index contributed by atoms with van der Waals surface area (Å²) < 4.78 is 10.1. The van der Waals surface area contributed by atoms with Crippen molar-refractivity contribution in [2.45, 2.75) is 6.61 Å². The van der Waals surface area contributed by atoms with Crippen LogP contribution in [0.3, 0.4) is 0 Å². The second-order valence-electron chi connectivity index (χ2n) is 5.60. The van der Waals surface area contributed by atoms with E-state index in [0.29, 0.717) is 28.7 Å². The van der Waals surface area contributed by atoms with Crippen LogP contribution in [0.15, 0.2) is 42.5 Å². The van der Waals surface area contributed by atoms with Gasteiger partial charge in [0.25, 0.3) is 5.91 Å². The molecule has 0 fully saturated rings. The summed E-state index contributed by atoms with van der Waals surface area (Å²) in [6, 6.07) is 12.7. The van der Waals surface area contributed by atoms with Crippen LogP contribution in [0.2, 0.25) is 5.02 Å². The first-order valence-corrected chi connectivity index (χ1v) is 8.33. The predicted octanol–water partition coefficient (Wildman–Crippen LogP) is 3.43. The smallest absolute Gasteiger partial charge is 0.253 e. The number of rotatable bonds is 6. The molecular weight excluding hydrogens is 354 g/mol. The lowest BCUT2D eigenvalue weighted by molar-refractivity contribution is 0.0872. The first-order chi connectivity index (χ1) is 12.6. The SMILES string of the molecule is COCNC(=O)c1ccc2nc(COC)nc(-c3cccc(Cl)c3)c2c1. The molecule has 0 atom stereocenters. The van der Waals surface area contributed by atoms with Gasteiger partial charge in [-0.2, -0.15) is 0 Å². The number of carbonyl (C=O) groups excluding carboxylic acids is 1. The van der Waals surface area contributed by atoms with E-state index in [-0.39, 0.29) is 12.6 Å². The molecule has 0 aliphatic heterocycles. The Balaban J connectivity index is 2.16. The van der Waals surface area contributed by atoms with Gasteiger partial charge in [-0.3, -0.25) is 4.79 Å². The van der Waals surface area contributed by atoms with Crippen molar-refractivity contribution in [1.29, 1.82) is 0 Å². The monoisotopic (exact) mass is 371 g/mol. The second kappa shape index (κ2) is 8.23. The fourth-order valence-corrected chi connectivity index (χ4v) is 2.80. The van der Waals surface area contributed by atoms with Crippen LogP contribution in [0, 0.1) is 0 Å². The number of nitrogens with zero attached hydrogens (tertiary/aromatic N) is 2. The van der Waals surface area contributed by atoms with Crippen molar-refractivity contribution in [3.8, 4) is 11.3 Å². The van der Waals surface area contributed by atoms with Crippen LogP contribution >= 0.6 is 11.6 Å². The van der Waals surface area contributed by atoms with Crippen molar-refractivity contribution < 1.29 is 14.3 Å². The van der Waals surface area contributed by atoms with Crippen molar-refractivity contribution in [1.82, 2.24) is 15.3 Å². The minimum atomic E-state index is -0.230. The number of hydrogen-bond acceptors (Lipinski definition) is 5. The van der Waals surface area contributed by atoms with Gasteiger partial charge in [0.15, 0.2) is 5.82 Å². The number of fused-ring (bicyclic) bond motifs is 1. The number of hydrogen-bond donors (Lipinski definition) is 1. The summed E-state index contributed by atoms with van der Waals surface area (Å²) in [6.07, 6.45) is 0. The molecule has 7 heteroatoms. The first kappa shape index (κ1) is 18.3. The summed E-state index contributed by atoms with van der Waals surface area (Å²) in [4.78, 5) is 21.4. The number of nitrogens with one attached hydrogen (secondary N) is 1. The average molecular weight is 372 g/mol. The highest BCUT2D eigenvalue weighted by molar-refractivity contribution is 6.30. The van der Waals surface area contributed by atoms with Crippen LogP contribution < -0.4 is 5.32 Å². The number of amides is 1. The third kappa shape index (κ3) is 3.99. The molecule has 6 nitrogen and oxygen atoms in total. The molecule has 0 bridgehead atoms. The Kier molecular flexibility index (Phi) is 5.78. The van der Waals surface area contributed by atoms with Gasteiger partial charge in [0.1, 0.15) is 13.3 Å². The standard InChI is InChI=1S/C19H18ClN3O3/c1-25-10-17-22-16-7-6-13(19(24)21-11-26-2)9-15(16)18(23-17)12-4-3-5-14(20)8-12/h3-9H,10-11H2,1-2H3,(H,21,24). The van der Waals surface area contributed by atoms with Crippen LogP contribution in [-0.2, 0) is 16.1 Å². The van der Waals surface area contributed by atoms with E-state index in [9.17, 15) is 4.79 Å². The largest absolute Gasteiger partial charge is 0.377 e. The van der Waals surface area contributed by atoms with Crippen LogP contribution in [0.4, 0.5) is 0 Å². The summed E-state index contributed by atoms with van der Waals surface area (Å²) >= 11 is 6.14. The molecule has 0 saturated heterocycles. The van der Waals surface area contributed by atoms with Crippen molar-refractivity contribution in [2.75, 3.05) is 21.0 Å². The Hall–Kier alpha value is -2.54. The molecular formula is C19H18ClN3O3. The minimum absolute atomic E-state index is 0.140. The van der Waals surface area contributed by atoms with Gasteiger partial charge in [0.2, 0.25) is 0 Å². The average Bonchev–Trinajstić information content (AvgIpc) is 2.65. The Morgan fingerprint density at radius 2 is 1.96 bits per heavy atom. The Bertz CT molecular complexity index is 946. The van der Waals surface area contributed by atoms with Gasteiger partial charge in [-0.05, 0) is 30.3 Å². The van der Waals surface area contributed by atoms with Gasteiger partial charge in [-0.1, -0.05) is 23.7 Å². The van der Waals surface area contributed by atoms with E-state index in [4.69, 9.17) is 21.1 Å². The number of carbonyl (C=O) groups is 1. The molecule has 3 rings (SSSR count). The maximum Gasteiger partial charge on any atom is 0.253 e. The van der Waals surface area contributed by atoms with Crippen LogP contribution in [0.5, 0.6) is 0 Å². The zero-order valence-electron chi connectivity index (χ0n) is 14.5. The van der Waals surface area contributed by atoms with E-state index < -0.39 is 0 Å². The molecule has 0 aliphatic carbocycles. The van der Waals surface area contributed by atoms with Gasteiger partial charge in [-0.15, -0.1) is 0 Å². The Morgan fingerprint density at radius 1 is 1.12 bits per heavy atom. The van der Waals surface area contributed by atoms with Crippen molar-refractivity contribution in [2.24, 2.45) is 0 Å². The maximum absolute atomic E-state index is 12.2. The third-order valence-electron chi connectivity index (χ3n) is 3.75. The lowest BCUT2D eigenvalue weighted by atomic mass is 10.0. The van der Waals surface area contributed by atoms with Gasteiger partial charge < -0.3 is 14.8 Å². The number of methoxy groups -OCH3 is 2. The molecule has 2 aromatic carbocycles. The van der Waals surface area contributed by atoms with Gasteiger partial charge >= 0.3 is 0 Å². The third-order valence-corrected chi connectivity index (χ3v) is 3.99. The lowest BCUT2D eigenvalue weighted by Gasteiger charge is -2.11. The zero-order chi connectivity index (χ0) is 18.5. The van der Waals surface area contributed by atoms with E-state index in [0.717, 1.165) is 16.5 Å². The van der Waals surface area contributed by atoms with E-state index in [2.05, 4.69) is 15.3 Å². The molecule has 134 valence electrons.